The highest BCUT2D eigenvalue weighted by Gasteiger charge is 2.32. The molecule has 0 spiro atoms. The van der Waals surface area contributed by atoms with Gasteiger partial charge in [-0.1, -0.05) is 128 Å². The van der Waals surface area contributed by atoms with Gasteiger partial charge in [-0.05, 0) is 37.5 Å². The Bertz CT molecular complexity index is 1120. The van der Waals surface area contributed by atoms with Crippen molar-refractivity contribution in [3.8, 4) is 0 Å². The monoisotopic (exact) mass is 592 g/mol. The van der Waals surface area contributed by atoms with E-state index in [0.29, 0.717) is 17.7 Å². The van der Waals surface area contributed by atoms with Crippen LogP contribution in [0.5, 0.6) is 0 Å². The Morgan fingerprint density at radius 2 is 1.16 bits per heavy atom. The molecule has 1 heterocycles. The number of hydrogen-bond donors (Lipinski definition) is 2. The number of imide groups is 1. The third-order valence-electron chi connectivity index (χ3n) is 8.86. The van der Waals surface area contributed by atoms with Crippen LogP contribution in [0.2, 0.25) is 0 Å². The molecular weight excluding hydrogens is 536 g/mol. The molecule has 0 aromatic heterocycles. The summed E-state index contributed by atoms with van der Waals surface area (Å²) in [6, 6.07) is 9.70. The summed E-state index contributed by atoms with van der Waals surface area (Å²) < 4.78 is 0. The molecule has 2 amide bonds. The molecule has 1 aliphatic heterocycles. The molecule has 238 valence electrons. The fourth-order valence-electron chi connectivity index (χ4n) is 6.30. The Morgan fingerprint density at radius 1 is 0.651 bits per heavy atom. The summed E-state index contributed by atoms with van der Waals surface area (Å²) in [5.41, 5.74) is 2.26. The molecule has 3 rings (SSSR count). The number of amides is 2. The molecule has 0 aliphatic carbocycles. The zero-order valence-electron chi connectivity index (χ0n) is 26.8. The van der Waals surface area contributed by atoms with Crippen molar-refractivity contribution >= 4 is 34.2 Å². The molecule has 0 saturated heterocycles. The number of hydrogen-bond acceptors (Lipinski definition) is 4. The first-order valence-electron chi connectivity index (χ1n) is 17.4. The van der Waals surface area contributed by atoms with Crippen LogP contribution in [-0.2, 0) is 4.79 Å². The molecule has 0 radical (unpaired) electrons. The first-order chi connectivity index (χ1) is 21.0. The number of carboxylic acid groups (broad SMARTS) is 1. The molecule has 2 aromatic rings. The lowest BCUT2D eigenvalue weighted by atomic mass is 9.92. The summed E-state index contributed by atoms with van der Waals surface area (Å²) in [5, 5.41) is 14.0. The first kappa shape index (κ1) is 34.6. The minimum atomic E-state index is -0.720. The smallest absolute Gasteiger partial charge is 0.303 e. The summed E-state index contributed by atoms with van der Waals surface area (Å²) >= 11 is 0. The molecular formula is C37H56N2O4. The van der Waals surface area contributed by atoms with Crippen LogP contribution >= 0.6 is 0 Å². The quantitative estimate of drug-likeness (QED) is 0.0885. The van der Waals surface area contributed by atoms with E-state index in [9.17, 15) is 14.4 Å². The predicted octanol–water partition coefficient (Wildman–Crippen LogP) is 10.1. The minimum Gasteiger partial charge on any atom is -0.481 e. The van der Waals surface area contributed by atoms with Crippen LogP contribution in [0, 0.1) is 0 Å². The average Bonchev–Trinajstić information content (AvgIpc) is 3.00. The van der Waals surface area contributed by atoms with Crippen LogP contribution in [0.3, 0.4) is 0 Å². The van der Waals surface area contributed by atoms with Crippen molar-refractivity contribution in [1.82, 2.24) is 4.90 Å². The lowest BCUT2D eigenvalue weighted by Gasteiger charge is -2.28. The summed E-state index contributed by atoms with van der Waals surface area (Å²) in [5.74, 6) is -1.08. The van der Waals surface area contributed by atoms with Crippen molar-refractivity contribution in [1.29, 1.82) is 0 Å². The van der Waals surface area contributed by atoms with Gasteiger partial charge in [-0.25, -0.2) is 0 Å². The largest absolute Gasteiger partial charge is 0.481 e. The number of carbonyl (C=O) groups is 3. The van der Waals surface area contributed by atoms with E-state index in [1.165, 1.54) is 75.5 Å². The van der Waals surface area contributed by atoms with E-state index in [2.05, 4.69) is 12.2 Å². The summed E-state index contributed by atoms with van der Waals surface area (Å²) in [6.45, 7) is 3.61. The molecule has 2 aromatic carbocycles. The highest BCUT2D eigenvalue weighted by molar-refractivity contribution is 6.26. The van der Waals surface area contributed by atoms with Gasteiger partial charge < -0.3 is 10.4 Å². The van der Waals surface area contributed by atoms with Gasteiger partial charge >= 0.3 is 5.97 Å². The molecule has 43 heavy (non-hydrogen) atoms. The van der Waals surface area contributed by atoms with E-state index in [-0.39, 0.29) is 18.2 Å². The average molecular weight is 593 g/mol. The van der Waals surface area contributed by atoms with Gasteiger partial charge in [0.25, 0.3) is 11.8 Å². The van der Waals surface area contributed by atoms with Crippen LogP contribution in [0.25, 0.3) is 10.8 Å². The van der Waals surface area contributed by atoms with Gasteiger partial charge in [0, 0.05) is 47.1 Å². The number of rotatable bonds is 25. The Morgan fingerprint density at radius 3 is 1.74 bits per heavy atom. The van der Waals surface area contributed by atoms with Gasteiger partial charge in [0.05, 0.1) is 0 Å². The van der Waals surface area contributed by atoms with Crippen LogP contribution in [0.4, 0.5) is 5.69 Å². The van der Waals surface area contributed by atoms with Crippen molar-refractivity contribution in [2.24, 2.45) is 0 Å². The van der Waals surface area contributed by atoms with Crippen LogP contribution in [0.15, 0.2) is 30.3 Å². The number of benzene rings is 2. The third kappa shape index (κ3) is 11.6. The zero-order valence-corrected chi connectivity index (χ0v) is 26.8. The predicted molar refractivity (Wildman–Crippen MR) is 178 cm³/mol. The lowest BCUT2D eigenvalue weighted by molar-refractivity contribution is -0.137. The van der Waals surface area contributed by atoms with Crippen LogP contribution in [0.1, 0.15) is 162 Å². The Balaban J connectivity index is 1.37. The second-order valence-corrected chi connectivity index (χ2v) is 12.4. The van der Waals surface area contributed by atoms with E-state index in [1.807, 2.05) is 30.3 Å². The zero-order chi connectivity index (χ0) is 30.7. The van der Waals surface area contributed by atoms with Gasteiger partial charge in [0.1, 0.15) is 0 Å². The van der Waals surface area contributed by atoms with E-state index in [4.69, 9.17) is 5.11 Å². The summed E-state index contributed by atoms with van der Waals surface area (Å²) in [6.07, 6.45) is 24.1. The van der Waals surface area contributed by atoms with Gasteiger partial charge in [-0.2, -0.15) is 0 Å². The molecule has 0 saturated carbocycles. The van der Waals surface area contributed by atoms with Crippen molar-refractivity contribution < 1.29 is 19.5 Å². The number of nitrogens with zero attached hydrogens (tertiary/aromatic N) is 1. The molecule has 1 aliphatic rings. The molecule has 6 nitrogen and oxygen atoms in total. The van der Waals surface area contributed by atoms with Gasteiger partial charge in [-0.3, -0.25) is 19.3 Å². The number of carboxylic acids is 1. The van der Waals surface area contributed by atoms with E-state index < -0.39 is 5.97 Å². The maximum Gasteiger partial charge on any atom is 0.303 e. The van der Waals surface area contributed by atoms with Crippen molar-refractivity contribution in [3.63, 3.8) is 0 Å². The Kier molecular flexibility index (Phi) is 16.2. The van der Waals surface area contributed by atoms with E-state index in [1.54, 1.807) is 0 Å². The molecule has 6 heteroatoms. The van der Waals surface area contributed by atoms with Crippen molar-refractivity contribution in [3.05, 3.63) is 41.5 Å². The molecule has 0 unspecified atom stereocenters. The highest BCUT2D eigenvalue weighted by Crippen LogP contribution is 2.34. The van der Waals surface area contributed by atoms with Gasteiger partial charge in [0.2, 0.25) is 0 Å². The normalized spacial score (nSPS) is 12.8. The first-order valence-corrected chi connectivity index (χ1v) is 17.4. The summed E-state index contributed by atoms with van der Waals surface area (Å²) in [7, 11) is 0. The standard InChI is InChI=1S/C37H56N2O4/c1-2-3-4-5-6-7-8-9-11-14-17-20-28-38-33-27-26-32-35-30(33)23-22-24-31(35)36(42)39(37(32)43)29-21-18-15-12-10-13-16-19-25-34(40)41/h22-24,26-27,38H,2-21,25,28-29H2,1H3,(H,40,41). The third-order valence-corrected chi connectivity index (χ3v) is 8.86. The maximum absolute atomic E-state index is 13.4. The highest BCUT2D eigenvalue weighted by atomic mass is 16.4. The lowest BCUT2D eigenvalue weighted by Crippen LogP contribution is -2.40. The molecule has 0 bridgehead atoms. The number of aliphatic carboxylic acids is 1. The van der Waals surface area contributed by atoms with Gasteiger partial charge in [-0.15, -0.1) is 0 Å². The second-order valence-electron chi connectivity index (χ2n) is 12.4. The van der Waals surface area contributed by atoms with E-state index >= 15 is 0 Å². The SMILES string of the molecule is CCCCCCCCCCCCCCNc1ccc2c3c(cccc13)C(=O)N(CCCCCCCCCCC(=O)O)C2=O. The van der Waals surface area contributed by atoms with Crippen molar-refractivity contribution in [2.75, 3.05) is 18.4 Å². The second kappa shape index (κ2) is 20.1. The van der Waals surface area contributed by atoms with Gasteiger partial charge in [0.15, 0.2) is 0 Å². The number of anilines is 1. The van der Waals surface area contributed by atoms with Crippen LogP contribution in [-0.4, -0.2) is 40.9 Å². The Hall–Kier alpha value is -2.89. The number of carbonyl (C=O) groups excluding carboxylic acids is 2. The van der Waals surface area contributed by atoms with Crippen molar-refractivity contribution in [2.45, 2.75) is 142 Å². The van der Waals surface area contributed by atoms with Crippen LogP contribution < -0.4 is 5.32 Å². The summed E-state index contributed by atoms with van der Waals surface area (Å²) in [4.78, 5) is 38.8. The molecule has 0 fully saturated rings. The topological polar surface area (TPSA) is 86.7 Å². The number of unbranched alkanes of at least 4 members (excludes halogenated alkanes) is 18. The minimum absolute atomic E-state index is 0.181. The fourth-order valence-corrected chi connectivity index (χ4v) is 6.30. The maximum atomic E-state index is 13.4. The van der Waals surface area contributed by atoms with E-state index in [0.717, 1.165) is 80.8 Å². The Labute approximate surface area is 260 Å². The fraction of sp³-hybridized carbons (Fsp3) is 0.649. The molecule has 2 N–H and O–H groups in total. The number of nitrogens with one attached hydrogen (secondary N) is 1. The molecule has 0 atom stereocenters.